The molecule has 0 radical (unpaired) electrons. The summed E-state index contributed by atoms with van der Waals surface area (Å²) in [5.41, 5.74) is 2.40. The van der Waals surface area contributed by atoms with Gasteiger partial charge in [0.15, 0.2) is 6.61 Å². The standard InChI is InChI=1S/C23H25N3O4/c1-25(2)20-10-8-17(9-11-20)12-19(14-24)23(28)30-16-22(27)26(3)15-18-6-5-7-21(13-18)29-4/h5-13H,15-16H2,1-4H3/b19-12+. The molecule has 0 saturated carbocycles. The number of nitriles is 1. The van der Waals surface area contributed by atoms with E-state index in [0.717, 1.165) is 11.3 Å². The van der Waals surface area contributed by atoms with E-state index in [1.165, 1.54) is 11.0 Å². The second kappa shape index (κ2) is 10.7. The van der Waals surface area contributed by atoms with Gasteiger partial charge in [-0.15, -0.1) is 0 Å². The van der Waals surface area contributed by atoms with Crippen molar-refractivity contribution in [2.24, 2.45) is 0 Å². The number of anilines is 1. The molecule has 1 amide bonds. The van der Waals surface area contributed by atoms with Gasteiger partial charge in [-0.3, -0.25) is 4.79 Å². The van der Waals surface area contributed by atoms with E-state index in [9.17, 15) is 14.9 Å². The number of hydrogen-bond donors (Lipinski definition) is 0. The van der Waals surface area contributed by atoms with Gasteiger partial charge in [0.05, 0.1) is 7.11 Å². The Morgan fingerprint density at radius 2 is 1.80 bits per heavy atom. The highest BCUT2D eigenvalue weighted by molar-refractivity contribution is 5.98. The number of amides is 1. The number of rotatable bonds is 8. The predicted molar refractivity (Wildman–Crippen MR) is 115 cm³/mol. The van der Waals surface area contributed by atoms with Crippen LogP contribution in [0.3, 0.4) is 0 Å². The van der Waals surface area contributed by atoms with E-state index >= 15 is 0 Å². The SMILES string of the molecule is COc1cccc(CN(C)C(=O)COC(=O)/C(C#N)=C/c2ccc(N(C)C)cc2)c1. The molecular formula is C23H25N3O4. The summed E-state index contributed by atoms with van der Waals surface area (Å²) < 4.78 is 10.2. The van der Waals surface area contributed by atoms with E-state index in [2.05, 4.69) is 0 Å². The van der Waals surface area contributed by atoms with Gasteiger partial charge in [0.1, 0.15) is 17.4 Å². The minimum atomic E-state index is -0.836. The fourth-order valence-electron chi connectivity index (χ4n) is 2.62. The summed E-state index contributed by atoms with van der Waals surface area (Å²) in [7, 11) is 7.03. The van der Waals surface area contributed by atoms with Gasteiger partial charge in [-0.05, 0) is 41.5 Å². The molecule has 2 aromatic carbocycles. The first-order valence-electron chi connectivity index (χ1n) is 9.27. The van der Waals surface area contributed by atoms with Crippen LogP contribution in [0.1, 0.15) is 11.1 Å². The molecule has 0 aliphatic heterocycles. The third kappa shape index (κ3) is 6.38. The second-order valence-electron chi connectivity index (χ2n) is 6.83. The highest BCUT2D eigenvalue weighted by atomic mass is 16.5. The third-order valence-electron chi connectivity index (χ3n) is 4.37. The van der Waals surface area contributed by atoms with E-state index in [4.69, 9.17) is 9.47 Å². The second-order valence-corrected chi connectivity index (χ2v) is 6.83. The van der Waals surface area contributed by atoms with Crippen molar-refractivity contribution in [2.75, 3.05) is 39.8 Å². The van der Waals surface area contributed by atoms with Crippen molar-refractivity contribution in [3.63, 3.8) is 0 Å². The van der Waals surface area contributed by atoms with E-state index in [1.54, 1.807) is 26.3 Å². The first-order valence-corrected chi connectivity index (χ1v) is 9.27. The molecule has 30 heavy (non-hydrogen) atoms. The maximum absolute atomic E-state index is 12.3. The molecule has 0 bridgehead atoms. The molecule has 156 valence electrons. The van der Waals surface area contributed by atoms with Gasteiger partial charge in [-0.2, -0.15) is 5.26 Å². The Morgan fingerprint density at radius 3 is 2.40 bits per heavy atom. The molecular weight excluding hydrogens is 382 g/mol. The van der Waals surface area contributed by atoms with Gasteiger partial charge in [0.25, 0.3) is 5.91 Å². The summed E-state index contributed by atoms with van der Waals surface area (Å²) >= 11 is 0. The Morgan fingerprint density at radius 1 is 1.10 bits per heavy atom. The van der Waals surface area contributed by atoms with Crippen molar-refractivity contribution in [3.8, 4) is 11.8 Å². The van der Waals surface area contributed by atoms with Gasteiger partial charge in [-0.1, -0.05) is 24.3 Å². The van der Waals surface area contributed by atoms with Crippen LogP contribution >= 0.6 is 0 Å². The number of carbonyl (C=O) groups is 2. The lowest BCUT2D eigenvalue weighted by atomic mass is 10.1. The number of likely N-dealkylation sites (N-methyl/N-ethyl adjacent to an activating group) is 1. The Balaban J connectivity index is 1.94. The van der Waals surface area contributed by atoms with Gasteiger partial charge >= 0.3 is 5.97 Å². The maximum atomic E-state index is 12.3. The van der Waals surface area contributed by atoms with Crippen LogP contribution < -0.4 is 9.64 Å². The quantitative estimate of drug-likeness (QED) is 0.380. The van der Waals surface area contributed by atoms with Gasteiger partial charge in [0, 0.05) is 33.4 Å². The summed E-state index contributed by atoms with van der Waals surface area (Å²) in [5.74, 6) is -0.515. The molecule has 0 heterocycles. The molecule has 0 saturated heterocycles. The van der Waals surface area contributed by atoms with Crippen molar-refractivity contribution >= 4 is 23.6 Å². The van der Waals surface area contributed by atoms with E-state index in [0.29, 0.717) is 17.9 Å². The molecule has 0 N–H and O–H groups in total. The normalized spacial score (nSPS) is 10.7. The lowest BCUT2D eigenvalue weighted by molar-refractivity contribution is -0.148. The van der Waals surface area contributed by atoms with Crippen LogP contribution in [0.5, 0.6) is 5.75 Å². The van der Waals surface area contributed by atoms with Gasteiger partial charge in [-0.25, -0.2) is 4.79 Å². The zero-order chi connectivity index (χ0) is 22.1. The summed E-state index contributed by atoms with van der Waals surface area (Å²) in [6.45, 7) is -0.107. The van der Waals surface area contributed by atoms with E-state index in [-0.39, 0.29) is 11.5 Å². The van der Waals surface area contributed by atoms with Crippen LogP contribution in [0.2, 0.25) is 0 Å². The Kier molecular flexibility index (Phi) is 8.00. The minimum Gasteiger partial charge on any atom is -0.497 e. The van der Waals surface area contributed by atoms with Crippen molar-refractivity contribution in [2.45, 2.75) is 6.54 Å². The smallest absolute Gasteiger partial charge is 0.349 e. The van der Waals surface area contributed by atoms with E-state index in [1.807, 2.05) is 61.5 Å². The summed E-state index contributed by atoms with van der Waals surface area (Å²) in [5, 5.41) is 9.28. The predicted octanol–water partition coefficient (Wildman–Crippen LogP) is 2.87. The number of methoxy groups -OCH3 is 1. The van der Waals surface area contributed by atoms with Crippen LogP contribution in [0.25, 0.3) is 6.08 Å². The average molecular weight is 407 g/mol. The fraction of sp³-hybridized carbons (Fsp3) is 0.261. The van der Waals surface area contributed by atoms with Gasteiger partial charge < -0.3 is 19.3 Å². The molecule has 2 aromatic rings. The highest BCUT2D eigenvalue weighted by Crippen LogP contribution is 2.16. The first kappa shape index (κ1) is 22.5. The molecule has 0 aliphatic carbocycles. The molecule has 0 atom stereocenters. The van der Waals surface area contributed by atoms with Crippen LogP contribution in [-0.2, 0) is 20.9 Å². The highest BCUT2D eigenvalue weighted by Gasteiger charge is 2.16. The Hall–Kier alpha value is -3.79. The monoisotopic (exact) mass is 407 g/mol. The zero-order valence-electron chi connectivity index (χ0n) is 17.6. The lowest BCUT2D eigenvalue weighted by Gasteiger charge is -2.17. The molecule has 7 nitrogen and oxygen atoms in total. The van der Waals surface area contributed by atoms with Crippen molar-refractivity contribution in [1.29, 1.82) is 5.26 Å². The molecule has 7 heteroatoms. The fourth-order valence-corrected chi connectivity index (χ4v) is 2.62. The largest absolute Gasteiger partial charge is 0.497 e. The molecule has 0 fully saturated rings. The topological polar surface area (TPSA) is 82.9 Å². The Bertz CT molecular complexity index is 959. The van der Waals surface area contributed by atoms with E-state index < -0.39 is 12.6 Å². The number of hydrogen-bond acceptors (Lipinski definition) is 6. The number of ether oxygens (including phenoxy) is 2. The Labute approximate surface area is 176 Å². The number of esters is 1. The summed E-state index contributed by atoms with van der Waals surface area (Å²) in [4.78, 5) is 27.9. The number of carbonyl (C=O) groups excluding carboxylic acids is 2. The molecule has 2 rings (SSSR count). The van der Waals surface area contributed by atoms with Crippen molar-refractivity contribution < 1.29 is 19.1 Å². The number of benzene rings is 2. The van der Waals surface area contributed by atoms with Gasteiger partial charge in [0.2, 0.25) is 0 Å². The van der Waals surface area contributed by atoms with Crippen molar-refractivity contribution in [3.05, 3.63) is 65.2 Å². The molecule has 0 spiro atoms. The number of nitrogens with zero attached hydrogens (tertiary/aromatic N) is 3. The zero-order valence-corrected chi connectivity index (χ0v) is 17.6. The van der Waals surface area contributed by atoms with Crippen LogP contribution in [0.4, 0.5) is 5.69 Å². The molecule has 0 unspecified atom stereocenters. The lowest BCUT2D eigenvalue weighted by Crippen LogP contribution is -2.31. The first-order chi connectivity index (χ1) is 14.3. The summed E-state index contributed by atoms with van der Waals surface area (Å²) in [6.07, 6.45) is 1.44. The minimum absolute atomic E-state index is 0.171. The van der Waals surface area contributed by atoms with Crippen LogP contribution in [-0.4, -0.2) is 51.6 Å². The average Bonchev–Trinajstić information content (AvgIpc) is 2.75. The molecule has 0 aliphatic rings. The molecule has 0 aromatic heterocycles. The van der Waals surface area contributed by atoms with Crippen molar-refractivity contribution in [1.82, 2.24) is 4.90 Å². The third-order valence-corrected chi connectivity index (χ3v) is 4.37. The summed E-state index contributed by atoms with van der Waals surface area (Å²) in [6, 6.07) is 16.5. The maximum Gasteiger partial charge on any atom is 0.349 e. The van der Waals surface area contributed by atoms with Crippen LogP contribution in [0, 0.1) is 11.3 Å². The van der Waals surface area contributed by atoms with Crippen LogP contribution in [0.15, 0.2) is 54.1 Å².